The second-order valence-corrected chi connectivity index (χ2v) is 5.09. The molecular formula is C14H17ClN2O. The van der Waals surface area contributed by atoms with E-state index in [0.717, 1.165) is 5.56 Å². The Morgan fingerprint density at radius 2 is 2.00 bits per heavy atom. The Balaban J connectivity index is 2.59. The molecule has 4 heteroatoms. The summed E-state index contributed by atoms with van der Waals surface area (Å²) >= 11 is 5.78. The van der Waals surface area contributed by atoms with Crippen LogP contribution in [0.2, 0.25) is 5.02 Å². The van der Waals surface area contributed by atoms with Gasteiger partial charge < -0.3 is 5.32 Å². The number of nitrogens with zero attached hydrogens (tertiary/aromatic N) is 1. The number of amides is 1. The minimum atomic E-state index is -0.648. The van der Waals surface area contributed by atoms with Gasteiger partial charge in [-0.2, -0.15) is 5.26 Å². The van der Waals surface area contributed by atoms with E-state index < -0.39 is 5.92 Å². The third-order valence-corrected chi connectivity index (χ3v) is 2.76. The summed E-state index contributed by atoms with van der Waals surface area (Å²) in [6, 6.07) is 9.24. The zero-order valence-corrected chi connectivity index (χ0v) is 11.4. The lowest BCUT2D eigenvalue weighted by atomic mass is 10.00. The molecule has 0 saturated carbocycles. The van der Waals surface area contributed by atoms with Crippen LogP contribution in [0.4, 0.5) is 0 Å². The fraction of sp³-hybridized carbons (Fsp3) is 0.429. The van der Waals surface area contributed by atoms with Gasteiger partial charge in [-0.05, 0) is 30.0 Å². The highest BCUT2D eigenvalue weighted by molar-refractivity contribution is 6.30. The van der Waals surface area contributed by atoms with E-state index >= 15 is 0 Å². The van der Waals surface area contributed by atoms with Crippen molar-refractivity contribution in [2.75, 3.05) is 6.54 Å². The summed E-state index contributed by atoms with van der Waals surface area (Å²) in [5, 5.41) is 12.5. The molecule has 0 aromatic heterocycles. The molecule has 3 nitrogen and oxygen atoms in total. The molecule has 1 amide bonds. The number of hydrogen-bond donors (Lipinski definition) is 1. The Labute approximate surface area is 113 Å². The minimum absolute atomic E-state index is 0.207. The largest absolute Gasteiger partial charge is 0.355 e. The van der Waals surface area contributed by atoms with E-state index in [9.17, 15) is 4.79 Å². The number of halogens is 1. The summed E-state index contributed by atoms with van der Waals surface area (Å²) in [6.45, 7) is 4.62. The first-order valence-corrected chi connectivity index (χ1v) is 6.32. The Bertz CT molecular complexity index is 434. The second-order valence-electron chi connectivity index (χ2n) is 4.65. The van der Waals surface area contributed by atoms with Crippen molar-refractivity contribution in [3.8, 4) is 6.07 Å². The standard InChI is InChI=1S/C14H17ClN2O/c1-10(2)9-17-14(18)12(8-16)7-11-3-5-13(15)6-4-11/h3-6,10,12H,7,9H2,1-2H3,(H,17,18). The molecule has 1 rings (SSSR count). The lowest BCUT2D eigenvalue weighted by Gasteiger charge is -2.11. The predicted molar refractivity (Wildman–Crippen MR) is 72.1 cm³/mol. The molecule has 96 valence electrons. The van der Waals surface area contributed by atoms with Crippen LogP contribution in [-0.2, 0) is 11.2 Å². The molecule has 0 spiro atoms. The van der Waals surface area contributed by atoms with Crippen molar-refractivity contribution in [3.63, 3.8) is 0 Å². The number of nitrogens with one attached hydrogen (secondary N) is 1. The fourth-order valence-electron chi connectivity index (χ4n) is 1.48. The lowest BCUT2D eigenvalue weighted by Crippen LogP contribution is -2.33. The van der Waals surface area contributed by atoms with Crippen LogP contribution in [0.25, 0.3) is 0 Å². The fourth-order valence-corrected chi connectivity index (χ4v) is 1.61. The SMILES string of the molecule is CC(C)CNC(=O)C(C#N)Cc1ccc(Cl)cc1. The molecule has 0 heterocycles. The first-order chi connectivity index (χ1) is 8.52. The monoisotopic (exact) mass is 264 g/mol. The third kappa shape index (κ3) is 4.77. The highest BCUT2D eigenvalue weighted by Crippen LogP contribution is 2.13. The molecular weight excluding hydrogens is 248 g/mol. The van der Waals surface area contributed by atoms with Crippen molar-refractivity contribution in [1.29, 1.82) is 5.26 Å². The van der Waals surface area contributed by atoms with Gasteiger partial charge in [0, 0.05) is 11.6 Å². The molecule has 0 bridgehead atoms. The molecule has 1 N–H and O–H groups in total. The van der Waals surface area contributed by atoms with Gasteiger partial charge in [0.05, 0.1) is 6.07 Å². The zero-order chi connectivity index (χ0) is 13.5. The summed E-state index contributed by atoms with van der Waals surface area (Å²) in [5.74, 6) is -0.477. The van der Waals surface area contributed by atoms with E-state index in [1.807, 2.05) is 32.0 Å². The van der Waals surface area contributed by atoms with Crippen molar-refractivity contribution in [2.24, 2.45) is 11.8 Å². The predicted octanol–water partition coefficient (Wildman–Crippen LogP) is 2.79. The number of carbonyl (C=O) groups is 1. The van der Waals surface area contributed by atoms with Gasteiger partial charge in [-0.25, -0.2) is 0 Å². The van der Waals surface area contributed by atoms with Crippen molar-refractivity contribution in [2.45, 2.75) is 20.3 Å². The Hall–Kier alpha value is -1.53. The van der Waals surface area contributed by atoms with Crippen LogP contribution < -0.4 is 5.32 Å². The molecule has 0 radical (unpaired) electrons. The summed E-state index contributed by atoms with van der Waals surface area (Å²) in [5.41, 5.74) is 0.936. The van der Waals surface area contributed by atoms with E-state index in [1.165, 1.54) is 0 Å². The molecule has 1 aromatic carbocycles. The minimum Gasteiger partial charge on any atom is -0.355 e. The summed E-state index contributed by atoms with van der Waals surface area (Å²) in [6.07, 6.45) is 0.414. The molecule has 0 fully saturated rings. The van der Waals surface area contributed by atoms with Crippen molar-refractivity contribution in [3.05, 3.63) is 34.9 Å². The van der Waals surface area contributed by atoms with Crippen molar-refractivity contribution in [1.82, 2.24) is 5.32 Å². The Morgan fingerprint density at radius 3 is 2.50 bits per heavy atom. The first-order valence-electron chi connectivity index (χ1n) is 5.94. The van der Waals surface area contributed by atoms with E-state index in [2.05, 4.69) is 5.32 Å². The van der Waals surface area contributed by atoms with E-state index in [4.69, 9.17) is 16.9 Å². The van der Waals surface area contributed by atoms with Gasteiger partial charge in [-0.15, -0.1) is 0 Å². The Morgan fingerprint density at radius 1 is 1.39 bits per heavy atom. The number of benzene rings is 1. The first kappa shape index (κ1) is 14.5. The van der Waals surface area contributed by atoms with Gasteiger partial charge in [-0.3, -0.25) is 4.79 Å². The average Bonchev–Trinajstić information content (AvgIpc) is 2.35. The summed E-state index contributed by atoms with van der Waals surface area (Å²) in [7, 11) is 0. The zero-order valence-electron chi connectivity index (χ0n) is 10.6. The van der Waals surface area contributed by atoms with Crippen LogP contribution in [-0.4, -0.2) is 12.5 Å². The lowest BCUT2D eigenvalue weighted by molar-refractivity contribution is -0.123. The van der Waals surface area contributed by atoms with Crippen molar-refractivity contribution >= 4 is 17.5 Å². The molecule has 1 unspecified atom stereocenters. The summed E-state index contributed by atoms with van der Waals surface area (Å²) < 4.78 is 0. The molecule has 1 aromatic rings. The number of hydrogen-bond acceptors (Lipinski definition) is 2. The van der Waals surface area contributed by atoms with E-state index in [-0.39, 0.29) is 5.91 Å². The molecule has 18 heavy (non-hydrogen) atoms. The molecule has 0 aliphatic heterocycles. The quantitative estimate of drug-likeness (QED) is 0.889. The summed E-state index contributed by atoms with van der Waals surface area (Å²) in [4.78, 5) is 11.8. The molecule has 1 atom stereocenters. The highest BCUT2D eigenvalue weighted by atomic mass is 35.5. The topological polar surface area (TPSA) is 52.9 Å². The molecule has 0 aliphatic rings. The van der Waals surface area contributed by atoms with Gasteiger partial charge >= 0.3 is 0 Å². The van der Waals surface area contributed by atoms with Crippen LogP contribution in [0.3, 0.4) is 0 Å². The van der Waals surface area contributed by atoms with Gasteiger partial charge in [-0.1, -0.05) is 37.6 Å². The number of carbonyl (C=O) groups excluding carboxylic acids is 1. The van der Waals surface area contributed by atoms with Crippen LogP contribution in [0.5, 0.6) is 0 Å². The average molecular weight is 265 g/mol. The van der Waals surface area contributed by atoms with E-state index in [1.54, 1.807) is 12.1 Å². The van der Waals surface area contributed by atoms with Gasteiger partial charge in [0.1, 0.15) is 5.92 Å². The van der Waals surface area contributed by atoms with Gasteiger partial charge in [0.15, 0.2) is 0 Å². The molecule has 0 aliphatic carbocycles. The van der Waals surface area contributed by atoms with E-state index in [0.29, 0.717) is 23.9 Å². The maximum Gasteiger partial charge on any atom is 0.237 e. The van der Waals surface area contributed by atoms with Crippen molar-refractivity contribution < 1.29 is 4.79 Å². The van der Waals surface area contributed by atoms with Gasteiger partial charge in [0.2, 0.25) is 5.91 Å². The second kappa shape index (κ2) is 7.03. The third-order valence-electron chi connectivity index (χ3n) is 2.51. The van der Waals surface area contributed by atoms with Gasteiger partial charge in [0.25, 0.3) is 0 Å². The normalized spacial score (nSPS) is 11.9. The number of rotatable bonds is 5. The highest BCUT2D eigenvalue weighted by Gasteiger charge is 2.18. The van der Waals surface area contributed by atoms with Crippen LogP contribution in [0, 0.1) is 23.2 Å². The maximum absolute atomic E-state index is 11.8. The smallest absolute Gasteiger partial charge is 0.237 e. The number of nitriles is 1. The maximum atomic E-state index is 11.8. The van der Waals surface area contributed by atoms with Crippen LogP contribution >= 0.6 is 11.6 Å². The molecule has 0 saturated heterocycles. The van der Waals surface area contributed by atoms with Crippen LogP contribution in [0.15, 0.2) is 24.3 Å². The van der Waals surface area contributed by atoms with Crippen LogP contribution in [0.1, 0.15) is 19.4 Å². The Kier molecular flexibility index (Phi) is 5.67.